The van der Waals surface area contributed by atoms with E-state index in [9.17, 15) is 29.8 Å². The second-order valence-electron chi connectivity index (χ2n) is 9.60. The average Bonchev–Trinajstić information content (AvgIpc) is 3.04. The summed E-state index contributed by atoms with van der Waals surface area (Å²) in [5, 5.41) is 26.8. The van der Waals surface area contributed by atoms with Crippen molar-refractivity contribution in [3.8, 4) is 0 Å². The van der Waals surface area contributed by atoms with Crippen LogP contribution in [0.15, 0.2) is 146 Å². The smallest absolute Gasteiger partial charge is 0.285 e. The third-order valence-corrected chi connectivity index (χ3v) is 7.37. The number of benzene rings is 5. The third kappa shape index (κ3) is 4.35. The topological polar surface area (TPSA) is 120 Å². The first-order chi connectivity index (χ1) is 20.4. The Morgan fingerprint density at radius 1 is 0.429 bits per heavy atom. The predicted molar refractivity (Wildman–Crippen MR) is 156 cm³/mol. The fourth-order valence-corrected chi connectivity index (χ4v) is 5.46. The Bertz CT molecular complexity index is 1630. The first-order valence-corrected chi connectivity index (χ1v) is 13.1. The summed E-state index contributed by atoms with van der Waals surface area (Å²) in [5.74, 6) is -1.80. The van der Waals surface area contributed by atoms with Crippen molar-refractivity contribution in [3.63, 3.8) is 0 Å². The highest BCUT2D eigenvalue weighted by Gasteiger charge is 2.62. The molecule has 0 heterocycles. The number of hydrogen-bond donors (Lipinski definition) is 0. The molecule has 5 rings (SSSR count). The van der Waals surface area contributed by atoms with Crippen LogP contribution in [0.3, 0.4) is 0 Å². The van der Waals surface area contributed by atoms with Crippen molar-refractivity contribution in [2.45, 2.75) is 11.1 Å². The quantitative estimate of drug-likeness (QED) is 0.110. The summed E-state index contributed by atoms with van der Waals surface area (Å²) in [6, 6.07) is 36.4. The van der Waals surface area contributed by atoms with Crippen LogP contribution in [-0.4, -0.2) is 21.4 Å². The Hall–Kier alpha value is -5.76. The minimum absolute atomic E-state index is 0.00577. The number of carbonyl (C=O) groups excluding carboxylic acids is 2. The summed E-state index contributed by atoms with van der Waals surface area (Å²) in [6.45, 7) is 0. The Kier molecular flexibility index (Phi) is 7.53. The molecule has 0 aliphatic rings. The van der Waals surface area contributed by atoms with Crippen molar-refractivity contribution in [1.29, 1.82) is 0 Å². The van der Waals surface area contributed by atoms with Gasteiger partial charge in [0.1, 0.15) is 0 Å². The van der Waals surface area contributed by atoms with Gasteiger partial charge in [-0.2, -0.15) is 0 Å². The molecule has 42 heavy (non-hydrogen) atoms. The van der Waals surface area contributed by atoms with Gasteiger partial charge < -0.3 is 0 Å². The molecule has 0 radical (unpaired) electrons. The largest absolute Gasteiger partial charge is 0.334 e. The molecule has 8 heteroatoms. The zero-order valence-electron chi connectivity index (χ0n) is 22.2. The fraction of sp³-hybridized carbons (Fsp3) is 0.0588. The first kappa shape index (κ1) is 27.8. The summed E-state index contributed by atoms with van der Waals surface area (Å²) in [4.78, 5) is 54.2. The Morgan fingerprint density at radius 2 is 0.690 bits per heavy atom. The Morgan fingerprint density at radius 3 is 0.976 bits per heavy atom. The van der Waals surface area contributed by atoms with E-state index in [0.29, 0.717) is 0 Å². The molecule has 0 aromatic heterocycles. The zero-order chi connectivity index (χ0) is 29.7. The number of hydrogen-bond acceptors (Lipinski definition) is 6. The van der Waals surface area contributed by atoms with Crippen LogP contribution in [0.2, 0.25) is 0 Å². The highest BCUT2D eigenvalue weighted by atomic mass is 16.6. The van der Waals surface area contributed by atoms with Gasteiger partial charge in [-0.3, -0.25) is 29.8 Å². The number of nitro groups is 2. The van der Waals surface area contributed by atoms with E-state index in [4.69, 9.17) is 0 Å². The molecular formula is C34H24N2O6. The normalized spacial score (nSPS) is 13.7. The minimum Gasteiger partial charge on any atom is -0.285 e. The highest BCUT2D eigenvalue weighted by Crippen LogP contribution is 2.45. The molecule has 0 aliphatic heterocycles. The molecule has 0 fully saturated rings. The van der Waals surface area contributed by atoms with Crippen LogP contribution >= 0.6 is 0 Å². The maximum atomic E-state index is 14.4. The molecule has 0 aliphatic carbocycles. The van der Waals surface area contributed by atoms with E-state index in [1.54, 1.807) is 72.8 Å². The lowest BCUT2D eigenvalue weighted by molar-refractivity contribution is -0.553. The van der Waals surface area contributed by atoms with Crippen LogP contribution in [0.25, 0.3) is 0 Å². The summed E-state index contributed by atoms with van der Waals surface area (Å²) < 4.78 is 0. The zero-order valence-corrected chi connectivity index (χ0v) is 22.2. The molecular weight excluding hydrogens is 532 g/mol. The van der Waals surface area contributed by atoms with Crippen molar-refractivity contribution in [3.05, 3.63) is 199 Å². The van der Waals surface area contributed by atoms with Crippen LogP contribution in [0.5, 0.6) is 0 Å². The molecule has 0 bridgehead atoms. The summed E-state index contributed by atoms with van der Waals surface area (Å²) in [7, 11) is 0. The summed E-state index contributed by atoms with van der Waals surface area (Å²) in [5.41, 5.74) is -5.76. The van der Waals surface area contributed by atoms with E-state index in [1.165, 1.54) is 72.8 Å². The molecule has 0 N–H and O–H groups in total. The van der Waals surface area contributed by atoms with Crippen LogP contribution in [0, 0.1) is 20.2 Å². The second-order valence-corrected chi connectivity index (χ2v) is 9.60. The van der Waals surface area contributed by atoms with Crippen molar-refractivity contribution in [2.24, 2.45) is 0 Å². The van der Waals surface area contributed by atoms with Gasteiger partial charge in [0.05, 0.1) is 11.1 Å². The van der Waals surface area contributed by atoms with Gasteiger partial charge in [0.2, 0.25) is 11.6 Å². The van der Waals surface area contributed by atoms with Gasteiger partial charge in [-0.05, 0) is 0 Å². The SMILES string of the molecule is O=C(c1ccccc1)C(c1ccccc1)(c1ccccc1C(C(=O)c1ccccc1)(c1ccccc1)[N+](=O)[O-])[N+](=O)[O-]. The number of nitrogens with zero attached hydrogens (tertiary/aromatic N) is 2. The molecule has 5 aromatic rings. The molecule has 0 spiro atoms. The van der Waals surface area contributed by atoms with Crippen LogP contribution in [-0.2, 0) is 11.1 Å². The Balaban J connectivity index is 1.95. The molecule has 5 aromatic carbocycles. The van der Waals surface area contributed by atoms with Gasteiger partial charge in [0, 0.05) is 32.1 Å². The highest BCUT2D eigenvalue weighted by molar-refractivity contribution is 6.08. The van der Waals surface area contributed by atoms with Crippen LogP contribution in [0.1, 0.15) is 43.0 Å². The standard InChI is InChI=1S/C34H24N2O6/c37-31(25-15-5-1-6-16-25)33(35(39)40,27-19-9-3-10-20-27)29-23-13-14-24-30(29)34(36(41)42,28-21-11-4-12-22-28)32(38)26-17-7-2-8-18-26/h1-24H. The minimum atomic E-state index is -2.63. The van der Waals surface area contributed by atoms with Gasteiger partial charge >= 0.3 is 11.1 Å². The number of rotatable bonds is 10. The van der Waals surface area contributed by atoms with Crippen molar-refractivity contribution in [2.75, 3.05) is 0 Å². The molecule has 8 nitrogen and oxygen atoms in total. The fourth-order valence-electron chi connectivity index (χ4n) is 5.46. The van der Waals surface area contributed by atoms with Crippen molar-refractivity contribution >= 4 is 11.6 Å². The second kappa shape index (κ2) is 11.4. The molecule has 2 atom stereocenters. The molecule has 0 saturated heterocycles. The summed E-state index contributed by atoms with van der Waals surface area (Å²) in [6.07, 6.45) is 0. The predicted octanol–water partition coefficient (Wildman–Crippen LogP) is 6.49. The van der Waals surface area contributed by atoms with Crippen molar-refractivity contribution in [1.82, 2.24) is 0 Å². The maximum Gasteiger partial charge on any atom is 0.334 e. The molecule has 206 valence electrons. The van der Waals surface area contributed by atoms with E-state index in [0.717, 1.165) is 0 Å². The number of carbonyl (C=O) groups is 2. The molecule has 0 saturated carbocycles. The lowest BCUT2D eigenvalue weighted by Crippen LogP contribution is -2.50. The van der Waals surface area contributed by atoms with E-state index in [2.05, 4.69) is 0 Å². The van der Waals surface area contributed by atoms with Gasteiger partial charge in [-0.15, -0.1) is 0 Å². The third-order valence-electron chi connectivity index (χ3n) is 7.37. The van der Waals surface area contributed by atoms with E-state index in [1.807, 2.05) is 0 Å². The number of ketones is 2. The lowest BCUT2D eigenvalue weighted by Gasteiger charge is -2.32. The van der Waals surface area contributed by atoms with Gasteiger partial charge in [0.25, 0.3) is 0 Å². The number of Topliss-reactive ketones (excluding diaryl/α,β-unsaturated/α-hetero) is 2. The van der Waals surface area contributed by atoms with Crippen LogP contribution in [0.4, 0.5) is 0 Å². The monoisotopic (exact) mass is 556 g/mol. The van der Waals surface area contributed by atoms with Crippen LogP contribution < -0.4 is 0 Å². The molecule has 2 unspecified atom stereocenters. The Labute approximate surface area is 241 Å². The van der Waals surface area contributed by atoms with Gasteiger partial charge in [0.15, 0.2) is 0 Å². The van der Waals surface area contributed by atoms with E-state index < -0.39 is 32.5 Å². The van der Waals surface area contributed by atoms with Crippen molar-refractivity contribution < 1.29 is 19.4 Å². The average molecular weight is 557 g/mol. The van der Waals surface area contributed by atoms with E-state index >= 15 is 0 Å². The van der Waals surface area contributed by atoms with Gasteiger partial charge in [-0.1, -0.05) is 146 Å². The van der Waals surface area contributed by atoms with Gasteiger partial charge in [-0.25, -0.2) is 0 Å². The maximum absolute atomic E-state index is 14.4. The molecule has 0 amide bonds. The lowest BCUT2D eigenvalue weighted by atomic mass is 9.69. The first-order valence-electron chi connectivity index (χ1n) is 13.1. The summed E-state index contributed by atoms with van der Waals surface area (Å²) >= 11 is 0. The van der Waals surface area contributed by atoms with E-state index in [-0.39, 0.29) is 33.4 Å².